The molecule has 0 unspecified atom stereocenters. The molecule has 2 amide bonds. The summed E-state index contributed by atoms with van der Waals surface area (Å²) in [5, 5.41) is 11.5. The average molecular weight is 530 g/mol. The van der Waals surface area contributed by atoms with Crippen molar-refractivity contribution in [1.82, 2.24) is 25.2 Å². The number of aromatic nitrogens is 3. The number of nitrogens with zero attached hydrogens (tertiary/aromatic N) is 4. The van der Waals surface area contributed by atoms with E-state index in [0.717, 1.165) is 11.1 Å². The van der Waals surface area contributed by atoms with Crippen LogP contribution >= 0.6 is 0 Å². The number of para-hydroxylation sites is 1. The predicted molar refractivity (Wildman–Crippen MR) is 149 cm³/mol. The second-order valence-electron chi connectivity index (χ2n) is 9.98. The van der Waals surface area contributed by atoms with Crippen LogP contribution < -0.4 is 14.8 Å². The van der Waals surface area contributed by atoms with Crippen LogP contribution in [0.4, 0.5) is 0 Å². The average Bonchev–Trinajstić information content (AvgIpc) is 3.35. The lowest BCUT2D eigenvalue weighted by molar-refractivity contribution is -0.143. The molecule has 1 heterocycles. The monoisotopic (exact) mass is 529 g/mol. The number of nitrogens with one attached hydrogen (secondary N) is 1. The number of fused-ring (bicyclic) bond motifs is 1. The second-order valence-corrected chi connectivity index (χ2v) is 9.98. The van der Waals surface area contributed by atoms with Gasteiger partial charge >= 0.3 is 0 Å². The molecule has 0 aliphatic carbocycles. The number of methoxy groups -OCH3 is 2. The molecule has 0 saturated carbocycles. The van der Waals surface area contributed by atoms with Crippen LogP contribution in [0.1, 0.15) is 44.4 Å². The first kappa shape index (κ1) is 27.6. The fourth-order valence-electron chi connectivity index (χ4n) is 4.35. The second kappa shape index (κ2) is 12.0. The van der Waals surface area contributed by atoms with Crippen LogP contribution in [-0.4, -0.2) is 51.5 Å². The molecule has 1 N–H and O–H groups in total. The van der Waals surface area contributed by atoms with Gasteiger partial charge in [0.1, 0.15) is 29.6 Å². The third-order valence-electron chi connectivity index (χ3n) is 6.86. The summed E-state index contributed by atoms with van der Waals surface area (Å²) >= 11 is 0. The van der Waals surface area contributed by atoms with Crippen LogP contribution in [-0.2, 0) is 22.7 Å². The molecule has 1 atom stereocenters. The lowest BCUT2D eigenvalue weighted by Crippen LogP contribution is -2.50. The molecule has 0 fully saturated rings. The topological polar surface area (TPSA) is 98.6 Å². The van der Waals surface area contributed by atoms with Gasteiger partial charge in [0.15, 0.2) is 0 Å². The van der Waals surface area contributed by atoms with Gasteiger partial charge < -0.3 is 19.7 Å². The Morgan fingerprint density at radius 3 is 2.41 bits per heavy atom. The van der Waals surface area contributed by atoms with Crippen LogP contribution in [0.25, 0.3) is 11.0 Å². The fourth-order valence-corrected chi connectivity index (χ4v) is 4.35. The highest BCUT2D eigenvalue weighted by molar-refractivity contribution is 5.90. The van der Waals surface area contributed by atoms with Crippen molar-refractivity contribution < 1.29 is 19.1 Å². The zero-order valence-corrected chi connectivity index (χ0v) is 23.0. The molecule has 0 aliphatic heterocycles. The summed E-state index contributed by atoms with van der Waals surface area (Å²) in [5.74, 6) is 0.407. The highest BCUT2D eigenvalue weighted by Crippen LogP contribution is 2.35. The molecule has 4 rings (SSSR count). The Morgan fingerprint density at radius 1 is 1.00 bits per heavy atom. The first-order chi connectivity index (χ1) is 18.8. The van der Waals surface area contributed by atoms with Gasteiger partial charge in [0.2, 0.25) is 11.8 Å². The molecular formula is C30H35N5O4. The third-order valence-corrected chi connectivity index (χ3v) is 6.86. The first-order valence-corrected chi connectivity index (χ1v) is 12.9. The predicted octanol–water partition coefficient (Wildman–Crippen LogP) is 4.52. The van der Waals surface area contributed by atoms with Crippen molar-refractivity contribution in [3.8, 4) is 11.5 Å². The molecule has 9 heteroatoms. The van der Waals surface area contributed by atoms with Crippen molar-refractivity contribution in [3.63, 3.8) is 0 Å². The standard InChI is InChI=1S/C30H35N5O4/c1-6-30(2,3)31-29(37)28(23-18-22(38-4)16-17-26(23)39-5)34(19-21-12-8-7-9-13-21)27(36)20-35-25-15-11-10-14-24(25)32-33-35/h7-18,28H,6,19-20H2,1-5H3,(H,31,37)/t28-/m0/s1. The number of benzene rings is 3. The van der Waals surface area contributed by atoms with Crippen molar-refractivity contribution >= 4 is 22.8 Å². The number of carbonyl (C=O) groups is 2. The molecule has 0 bridgehead atoms. The summed E-state index contributed by atoms with van der Waals surface area (Å²) in [6, 6.07) is 21.3. The number of hydrogen-bond donors (Lipinski definition) is 1. The molecule has 1 aromatic heterocycles. The highest BCUT2D eigenvalue weighted by Gasteiger charge is 2.36. The Balaban J connectivity index is 1.84. The Labute approximate surface area is 228 Å². The minimum Gasteiger partial charge on any atom is -0.497 e. The maximum atomic E-state index is 14.2. The summed E-state index contributed by atoms with van der Waals surface area (Å²) in [4.78, 5) is 29.8. The van der Waals surface area contributed by atoms with E-state index in [9.17, 15) is 9.59 Å². The van der Waals surface area contributed by atoms with Crippen LogP contribution in [0, 0.1) is 0 Å². The quantitative estimate of drug-likeness (QED) is 0.307. The molecular weight excluding hydrogens is 494 g/mol. The van der Waals surface area contributed by atoms with E-state index < -0.39 is 11.6 Å². The fraction of sp³-hybridized carbons (Fsp3) is 0.333. The van der Waals surface area contributed by atoms with Gasteiger partial charge in [-0.1, -0.05) is 54.6 Å². The molecule has 0 radical (unpaired) electrons. The summed E-state index contributed by atoms with van der Waals surface area (Å²) < 4.78 is 12.7. The summed E-state index contributed by atoms with van der Waals surface area (Å²) in [6.07, 6.45) is 0.707. The minimum absolute atomic E-state index is 0.0966. The highest BCUT2D eigenvalue weighted by atomic mass is 16.5. The van der Waals surface area contributed by atoms with Crippen molar-refractivity contribution in [1.29, 1.82) is 0 Å². The number of ether oxygens (including phenoxy) is 2. The van der Waals surface area contributed by atoms with E-state index in [-0.39, 0.29) is 24.9 Å². The van der Waals surface area contributed by atoms with Gasteiger partial charge in [0.05, 0.1) is 19.7 Å². The Morgan fingerprint density at radius 2 is 1.72 bits per heavy atom. The molecule has 4 aromatic rings. The van der Waals surface area contributed by atoms with Crippen molar-refractivity contribution in [2.45, 2.75) is 51.9 Å². The van der Waals surface area contributed by atoms with Gasteiger partial charge in [0.25, 0.3) is 0 Å². The normalized spacial score (nSPS) is 12.1. The van der Waals surface area contributed by atoms with E-state index in [0.29, 0.717) is 29.0 Å². The SMILES string of the molecule is CCC(C)(C)NC(=O)[C@H](c1cc(OC)ccc1OC)N(Cc1ccccc1)C(=O)Cn1nnc2ccccc21. The number of hydrogen-bond acceptors (Lipinski definition) is 6. The zero-order valence-electron chi connectivity index (χ0n) is 23.0. The van der Waals surface area contributed by atoms with Gasteiger partial charge in [-0.3, -0.25) is 9.59 Å². The molecule has 204 valence electrons. The summed E-state index contributed by atoms with van der Waals surface area (Å²) in [6.45, 7) is 6.01. The van der Waals surface area contributed by atoms with Gasteiger partial charge in [-0.25, -0.2) is 4.68 Å². The van der Waals surface area contributed by atoms with Crippen molar-refractivity contribution in [3.05, 3.63) is 83.9 Å². The number of carbonyl (C=O) groups excluding carboxylic acids is 2. The Bertz CT molecular complexity index is 1430. The van der Waals surface area contributed by atoms with E-state index in [1.807, 2.05) is 75.4 Å². The minimum atomic E-state index is -1.01. The van der Waals surface area contributed by atoms with Crippen LogP contribution in [0.3, 0.4) is 0 Å². The number of rotatable bonds is 11. The van der Waals surface area contributed by atoms with Crippen LogP contribution in [0.5, 0.6) is 11.5 Å². The summed E-state index contributed by atoms with van der Waals surface area (Å²) in [7, 11) is 3.10. The van der Waals surface area contributed by atoms with Crippen LogP contribution in [0.2, 0.25) is 0 Å². The molecule has 0 saturated heterocycles. The molecule has 9 nitrogen and oxygen atoms in total. The third kappa shape index (κ3) is 6.37. The van der Waals surface area contributed by atoms with Gasteiger partial charge in [0, 0.05) is 17.6 Å². The van der Waals surface area contributed by atoms with Gasteiger partial charge in [-0.05, 0) is 56.2 Å². The number of amides is 2. The van der Waals surface area contributed by atoms with Crippen LogP contribution in [0.15, 0.2) is 72.8 Å². The maximum absolute atomic E-state index is 14.2. The zero-order chi connectivity index (χ0) is 28.0. The molecule has 3 aromatic carbocycles. The Kier molecular flexibility index (Phi) is 8.49. The van der Waals surface area contributed by atoms with E-state index in [2.05, 4.69) is 15.6 Å². The van der Waals surface area contributed by atoms with Crippen molar-refractivity contribution in [2.24, 2.45) is 0 Å². The lowest BCUT2D eigenvalue weighted by atomic mass is 9.97. The van der Waals surface area contributed by atoms with Gasteiger partial charge in [-0.15, -0.1) is 5.10 Å². The van der Waals surface area contributed by atoms with Crippen molar-refractivity contribution in [2.75, 3.05) is 14.2 Å². The van der Waals surface area contributed by atoms with E-state index in [4.69, 9.17) is 9.47 Å². The maximum Gasteiger partial charge on any atom is 0.248 e. The molecule has 0 aliphatic rings. The molecule has 0 spiro atoms. The van der Waals surface area contributed by atoms with E-state index in [1.54, 1.807) is 42.0 Å². The first-order valence-electron chi connectivity index (χ1n) is 12.9. The smallest absolute Gasteiger partial charge is 0.248 e. The largest absolute Gasteiger partial charge is 0.497 e. The Hall–Kier alpha value is -4.40. The van der Waals surface area contributed by atoms with Gasteiger partial charge in [-0.2, -0.15) is 0 Å². The molecule has 39 heavy (non-hydrogen) atoms. The van der Waals surface area contributed by atoms with E-state index >= 15 is 0 Å². The lowest BCUT2D eigenvalue weighted by Gasteiger charge is -2.35. The van der Waals surface area contributed by atoms with E-state index in [1.165, 1.54) is 0 Å². The summed E-state index contributed by atoms with van der Waals surface area (Å²) in [5.41, 5.74) is 2.33.